The van der Waals surface area contributed by atoms with Crippen molar-refractivity contribution >= 4 is 11.7 Å². The van der Waals surface area contributed by atoms with Gasteiger partial charge < -0.3 is 14.8 Å². The maximum Gasteiger partial charge on any atom is 0.312 e. The molecule has 4 N–H and O–H groups in total. The summed E-state index contributed by atoms with van der Waals surface area (Å²) in [4.78, 5) is 12.6. The van der Waals surface area contributed by atoms with E-state index in [0.717, 1.165) is 17.6 Å². The largest absolute Gasteiger partial charge is 0.460 e. The molecule has 0 amide bonds. The SMILES string of the molecule is CC(C)(C)OC(=O)C(Cc1cccc([NH2+]O)c1)C1CNCCO1. The number of carbonyl (C=O) groups is 1. The molecule has 1 aliphatic heterocycles. The molecule has 0 aliphatic carbocycles. The topological polar surface area (TPSA) is 84.4 Å². The summed E-state index contributed by atoms with van der Waals surface area (Å²) in [5.74, 6) is -0.624. The van der Waals surface area contributed by atoms with Crippen LogP contribution in [-0.2, 0) is 20.7 Å². The predicted octanol–water partition coefficient (Wildman–Crippen LogP) is 0.760. The number of nitrogens with two attached hydrogens (primary N) is 1. The quantitative estimate of drug-likeness (QED) is 0.423. The highest BCUT2D eigenvalue weighted by Gasteiger charge is 2.34. The number of nitrogens with one attached hydrogen (secondary N) is 1. The molecule has 0 saturated carbocycles. The summed E-state index contributed by atoms with van der Waals surface area (Å²) in [6.45, 7) is 7.62. The molecule has 2 atom stereocenters. The number of esters is 1. The minimum atomic E-state index is -0.530. The summed E-state index contributed by atoms with van der Waals surface area (Å²) in [7, 11) is 0. The third kappa shape index (κ3) is 5.58. The maximum absolute atomic E-state index is 12.6. The van der Waals surface area contributed by atoms with Gasteiger partial charge in [0, 0.05) is 25.2 Å². The first-order valence-corrected chi connectivity index (χ1v) is 8.00. The zero-order valence-corrected chi connectivity index (χ0v) is 14.0. The van der Waals surface area contributed by atoms with Gasteiger partial charge in [0.15, 0.2) is 5.69 Å². The van der Waals surface area contributed by atoms with E-state index >= 15 is 0 Å². The Hall–Kier alpha value is -1.47. The number of hydrogen-bond donors (Lipinski definition) is 3. The molecule has 6 nitrogen and oxygen atoms in total. The second-order valence-corrected chi connectivity index (χ2v) is 6.83. The molecule has 1 aromatic carbocycles. The Kier molecular flexibility index (Phi) is 6.12. The van der Waals surface area contributed by atoms with E-state index in [0.29, 0.717) is 25.3 Å². The van der Waals surface area contributed by atoms with Gasteiger partial charge in [0.25, 0.3) is 0 Å². The van der Waals surface area contributed by atoms with Gasteiger partial charge in [0.2, 0.25) is 0 Å². The van der Waals surface area contributed by atoms with Crippen molar-refractivity contribution in [3.05, 3.63) is 29.8 Å². The summed E-state index contributed by atoms with van der Waals surface area (Å²) in [5, 5.41) is 12.4. The highest BCUT2D eigenvalue weighted by molar-refractivity contribution is 5.74. The lowest BCUT2D eigenvalue weighted by molar-refractivity contribution is -0.825. The number of benzene rings is 1. The first kappa shape index (κ1) is 17.9. The van der Waals surface area contributed by atoms with Crippen LogP contribution in [0.4, 0.5) is 5.69 Å². The molecule has 2 unspecified atom stereocenters. The molecule has 1 fully saturated rings. The van der Waals surface area contributed by atoms with Crippen molar-refractivity contribution in [1.82, 2.24) is 5.32 Å². The fourth-order valence-corrected chi connectivity index (χ4v) is 2.64. The summed E-state index contributed by atoms with van der Waals surface area (Å²) in [5.41, 5.74) is 2.22. The molecule has 0 spiro atoms. The van der Waals surface area contributed by atoms with Crippen LogP contribution >= 0.6 is 0 Å². The van der Waals surface area contributed by atoms with E-state index in [2.05, 4.69) is 5.32 Å². The average molecular weight is 323 g/mol. The third-order valence-corrected chi connectivity index (χ3v) is 3.67. The average Bonchev–Trinajstić information content (AvgIpc) is 2.52. The van der Waals surface area contributed by atoms with Gasteiger partial charge >= 0.3 is 5.97 Å². The van der Waals surface area contributed by atoms with Crippen LogP contribution in [0.5, 0.6) is 0 Å². The molecule has 1 heterocycles. The second kappa shape index (κ2) is 7.88. The molecule has 1 saturated heterocycles. The Labute approximate surface area is 137 Å². The number of hydrogen-bond acceptors (Lipinski definition) is 5. The van der Waals surface area contributed by atoms with Crippen LogP contribution in [0.2, 0.25) is 0 Å². The van der Waals surface area contributed by atoms with Gasteiger partial charge in [-0.25, -0.2) is 5.21 Å². The maximum atomic E-state index is 12.6. The number of quaternary nitrogens is 1. The molecule has 23 heavy (non-hydrogen) atoms. The lowest BCUT2D eigenvalue weighted by Crippen LogP contribution is -2.73. The van der Waals surface area contributed by atoms with E-state index in [1.165, 1.54) is 0 Å². The van der Waals surface area contributed by atoms with Crippen molar-refractivity contribution in [2.75, 3.05) is 19.7 Å². The highest BCUT2D eigenvalue weighted by atomic mass is 16.6. The van der Waals surface area contributed by atoms with Gasteiger partial charge in [-0.2, -0.15) is 5.48 Å². The van der Waals surface area contributed by atoms with Crippen molar-refractivity contribution in [3.63, 3.8) is 0 Å². The van der Waals surface area contributed by atoms with E-state index in [1.54, 1.807) is 0 Å². The van der Waals surface area contributed by atoms with Gasteiger partial charge in [0.1, 0.15) is 5.60 Å². The fourth-order valence-electron chi connectivity index (χ4n) is 2.64. The predicted molar refractivity (Wildman–Crippen MR) is 85.5 cm³/mol. The van der Waals surface area contributed by atoms with Crippen molar-refractivity contribution in [2.24, 2.45) is 5.92 Å². The van der Waals surface area contributed by atoms with Crippen LogP contribution in [-0.4, -0.2) is 42.6 Å². The van der Waals surface area contributed by atoms with E-state index < -0.39 is 5.60 Å². The molecule has 2 rings (SSSR count). The molecule has 128 valence electrons. The lowest BCUT2D eigenvalue weighted by Gasteiger charge is -2.32. The number of rotatable bonds is 5. The minimum Gasteiger partial charge on any atom is -0.460 e. The number of carbonyl (C=O) groups excluding carboxylic acids is 1. The zero-order chi connectivity index (χ0) is 16.9. The Morgan fingerprint density at radius 2 is 2.30 bits per heavy atom. The van der Waals surface area contributed by atoms with Crippen molar-refractivity contribution < 1.29 is 25.0 Å². The minimum absolute atomic E-state index is 0.208. The van der Waals surface area contributed by atoms with Crippen LogP contribution < -0.4 is 10.8 Å². The zero-order valence-electron chi connectivity index (χ0n) is 14.0. The first-order valence-electron chi connectivity index (χ1n) is 8.00. The standard InChI is InChI=1S/C17H26N2O4/c1-17(2,3)23-16(20)14(15-11-18-7-8-22-15)10-12-5-4-6-13(9-12)19-21/h4-6,9,14-15,18-19,21H,7-8,10-11H2,1-3H3/p+1. The third-order valence-electron chi connectivity index (χ3n) is 3.67. The summed E-state index contributed by atoms with van der Waals surface area (Å²) < 4.78 is 11.4. The van der Waals surface area contributed by atoms with E-state index in [4.69, 9.17) is 14.7 Å². The highest BCUT2D eigenvalue weighted by Crippen LogP contribution is 2.22. The number of morpholine rings is 1. The Morgan fingerprint density at radius 3 is 2.91 bits per heavy atom. The first-order chi connectivity index (χ1) is 10.9. The molecule has 0 bridgehead atoms. The smallest absolute Gasteiger partial charge is 0.312 e. The van der Waals surface area contributed by atoms with Crippen molar-refractivity contribution in [2.45, 2.75) is 38.9 Å². The van der Waals surface area contributed by atoms with Crippen molar-refractivity contribution in [1.29, 1.82) is 0 Å². The van der Waals surface area contributed by atoms with Crippen LogP contribution in [0.1, 0.15) is 26.3 Å². The van der Waals surface area contributed by atoms with Gasteiger partial charge in [-0.3, -0.25) is 4.79 Å². The fraction of sp³-hybridized carbons (Fsp3) is 0.588. The van der Waals surface area contributed by atoms with Crippen LogP contribution in [0.25, 0.3) is 0 Å². The monoisotopic (exact) mass is 323 g/mol. The molecule has 0 radical (unpaired) electrons. The molecule has 0 aromatic heterocycles. The van der Waals surface area contributed by atoms with E-state index in [9.17, 15) is 4.79 Å². The molecule has 1 aliphatic rings. The second-order valence-electron chi connectivity index (χ2n) is 6.83. The van der Waals surface area contributed by atoms with E-state index in [1.807, 2.05) is 45.0 Å². The van der Waals surface area contributed by atoms with Gasteiger partial charge in [-0.1, -0.05) is 12.1 Å². The Bertz CT molecular complexity index is 522. The molecule has 6 heteroatoms. The molecular formula is C17H27N2O4+. The summed E-state index contributed by atoms with van der Waals surface area (Å²) >= 11 is 0. The van der Waals surface area contributed by atoms with Crippen LogP contribution in [0, 0.1) is 5.92 Å². The normalized spacial score (nSPS) is 20.1. The van der Waals surface area contributed by atoms with Gasteiger partial charge in [0.05, 0.1) is 18.6 Å². The molecular weight excluding hydrogens is 296 g/mol. The summed E-state index contributed by atoms with van der Waals surface area (Å²) in [6, 6.07) is 7.49. The van der Waals surface area contributed by atoms with Crippen molar-refractivity contribution in [3.8, 4) is 0 Å². The molecule has 1 aromatic rings. The van der Waals surface area contributed by atoms with Gasteiger partial charge in [-0.15, -0.1) is 0 Å². The number of ether oxygens (including phenoxy) is 2. The van der Waals surface area contributed by atoms with Gasteiger partial charge in [-0.05, 0) is 32.8 Å². The Balaban J connectivity index is 2.16. The van der Waals surface area contributed by atoms with Crippen LogP contribution in [0.15, 0.2) is 24.3 Å². The summed E-state index contributed by atoms with van der Waals surface area (Å²) in [6.07, 6.45) is 0.309. The van der Waals surface area contributed by atoms with Crippen LogP contribution in [0.3, 0.4) is 0 Å². The Morgan fingerprint density at radius 1 is 1.52 bits per heavy atom. The lowest BCUT2D eigenvalue weighted by atomic mass is 9.92. The van der Waals surface area contributed by atoms with E-state index in [-0.39, 0.29) is 18.0 Å².